The Kier molecular flexibility index (Phi) is 11.9. The van der Waals surface area contributed by atoms with Gasteiger partial charge in [-0.15, -0.1) is 11.8 Å². The number of hydrogen-bond donors (Lipinski definition) is 4. The van der Waals surface area contributed by atoms with Crippen LogP contribution in [0.4, 0.5) is 17.1 Å². The van der Waals surface area contributed by atoms with Crippen molar-refractivity contribution in [2.75, 3.05) is 16.0 Å². The molecule has 49 heavy (non-hydrogen) atoms. The van der Waals surface area contributed by atoms with Gasteiger partial charge in [-0.2, -0.15) is 0 Å². The summed E-state index contributed by atoms with van der Waals surface area (Å²) in [6, 6.07) is 36.7. The van der Waals surface area contributed by atoms with Gasteiger partial charge in [-0.05, 0) is 77.9 Å². The summed E-state index contributed by atoms with van der Waals surface area (Å²) >= 11 is 13.9. The van der Waals surface area contributed by atoms with Crippen molar-refractivity contribution in [1.82, 2.24) is 5.32 Å². The predicted molar refractivity (Wildman–Crippen MR) is 198 cm³/mol. The summed E-state index contributed by atoms with van der Waals surface area (Å²) in [6.45, 7) is 1.42. The van der Waals surface area contributed by atoms with E-state index in [1.165, 1.54) is 24.8 Å². The van der Waals surface area contributed by atoms with Crippen LogP contribution in [-0.4, -0.2) is 23.6 Å². The number of hydrogen-bond acceptors (Lipinski definition) is 5. The molecule has 246 valence electrons. The molecule has 0 radical (unpaired) electrons. The fourth-order valence-electron chi connectivity index (χ4n) is 4.66. The number of thioether (sulfide) groups is 1. The minimum absolute atomic E-state index is 0.0536. The zero-order valence-electron chi connectivity index (χ0n) is 26.1. The summed E-state index contributed by atoms with van der Waals surface area (Å²) in [5, 5.41) is 11.1. The van der Waals surface area contributed by atoms with E-state index in [0.29, 0.717) is 38.1 Å². The lowest BCUT2D eigenvalue weighted by atomic mass is 10.1. The first-order valence-corrected chi connectivity index (χ1v) is 16.6. The molecule has 0 fully saturated rings. The van der Waals surface area contributed by atoms with Crippen LogP contribution in [0.25, 0.3) is 6.08 Å². The van der Waals surface area contributed by atoms with Gasteiger partial charge in [-0.25, -0.2) is 0 Å². The van der Waals surface area contributed by atoms with E-state index in [-0.39, 0.29) is 22.5 Å². The quantitative estimate of drug-likeness (QED) is 0.0808. The topological polar surface area (TPSA) is 116 Å². The first-order chi connectivity index (χ1) is 23.7. The maximum Gasteiger partial charge on any atom is 0.272 e. The van der Waals surface area contributed by atoms with E-state index in [1.807, 2.05) is 36.4 Å². The molecular formula is C38H30Cl2N4O4S. The van der Waals surface area contributed by atoms with Crippen molar-refractivity contribution in [3.63, 3.8) is 0 Å². The third-order valence-electron chi connectivity index (χ3n) is 6.97. The summed E-state index contributed by atoms with van der Waals surface area (Å²) in [6.07, 6.45) is 1.46. The molecule has 4 N–H and O–H groups in total. The Labute approximate surface area is 297 Å². The van der Waals surface area contributed by atoms with Gasteiger partial charge in [-0.1, -0.05) is 89.9 Å². The Morgan fingerprint density at radius 2 is 1.31 bits per heavy atom. The third kappa shape index (κ3) is 9.84. The fourth-order valence-corrected chi connectivity index (χ4v) is 6.11. The van der Waals surface area contributed by atoms with Gasteiger partial charge in [0, 0.05) is 34.4 Å². The molecule has 8 nitrogen and oxygen atoms in total. The van der Waals surface area contributed by atoms with Crippen molar-refractivity contribution in [3.05, 3.63) is 160 Å². The van der Waals surface area contributed by atoms with Crippen LogP contribution in [0.2, 0.25) is 10.0 Å². The molecule has 0 aliphatic heterocycles. The molecule has 1 unspecified atom stereocenters. The first-order valence-electron chi connectivity index (χ1n) is 15.0. The zero-order valence-corrected chi connectivity index (χ0v) is 28.4. The number of anilines is 3. The fraction of sp³-hybridized carbons (Fsp3) is 0.0526. The number of halogens is 2. The van der Waals surface area contributed by atoms with Crippen molar-refractivity contribution in [1.29, 1.82) is 0 Å². The number of benzene rings is 5. The molecule has 0 aromatic heterocycles. The minimum Gasteiger partial charge on any atom is -0.326 e. The molecule has 0 saturated heterocycles. The number of rotatable bonds is 11. The van der Waals surface area contributed by atoms with E-state index in [4.69, 9.17) is 23.2 Å². The van der Waals surface area contributed by atoms with Crippen molar-refractivity contribution in [2.45, 2.75) is 17.1 Å². The molecule has 0 bridgehead atoms. The highest BCUT2D eigenvalue weighted by Crippen LogP contribution is 2.37. The molecule has 0 heterocycles. The van der Waals surface area contributed by atoms with Crippen molar-refractivity contribution < 1.29 is 19.2 Å². The van der Waals surface area contributed by atoms with E-state index < -0.39 is 17.1 Å². The Bertz CT molecular complexity index is 2010. The highest BCUT2D eigenvalue weighted by atomic mass is 35.5. The molecule has 0 saturated carbocycles. The van der Waals surface area contributed by atoms with Gasteiger partial charge in [0.2, 0.25) is 11.8 Å². The van der Waals surface area contributed by atoms with Crippen molar-refractivity contribution in [2.24, 2.45) is 0 Å². The summed E-state index contributed by atoms with van der Waals surface area (Å²) in [4.78, 5) is 52.4. The Morgan fingerprint density at radius 3 is 1.98 bits per heavy atom. The normalized spacial score (nSPS) is 11.6. The van der Waals surface area contributed by atoms with E-state index in [0.717, 1.165) is 5.56 Å². The molecule has 4 amide bonds. The van der Waals surface area contributed by atoms with Crippen LogP contribution in [0, 0.1) is 0 Å². The van der Waals surface area contributed by atoms with Crippen LogP contribution < -0.4 is 21.3 Å². The molecule has 0 spiro atoms. The average molecular weight is 710 g/mol. The second-order valence-electron chi connectivity index (χ2n) is 10.7. The lowest BCUT2D eigenvalue weighted by Gasteiger charge is -2.18. The Morgan fingerprint density at radius 1 is 0.673 bits per heavy atom. The van der Waals surface area contributed by atoms with Gasteiger partial charge in [0.25, 0.3) is 11.8 Å². The zero-order chi connectivity index (χ0) is 34.8. The highest BCUT2D eigenvalue weighted by molar-refractivity contribution is 8.00. The van der Waals surface area contributed by atoms with Crippen molar-refractivity contribution in [3.8, 4) is 0 Å². The van der Waals surface area contributed by atoms with Crippen LogP contribution >= 0.6 is 35.0 Å². The molecule has 1 atom stereocenters. The summed E-state index contributed by atoms with van der Waals surface area (Å²) in [5.74, 6) is -1.52. The lowest BCUT2D eigenvalue weighted by molar-refractivity contribution is -0.116. The smallest absolute Gasteiger partial charge is 0.272 e. The largest absolute Gasteiger partial charge is 0.326 e. The molecule has 5 aromatic carbocycles. The minimum atomic E-state index is -0.646. The standard InChI is InChI=1S/C38H30Cl2N4O4S/c1-24(45)41-28-18-20-29(21-19-28)42-38(48)35(25-10-4-2-5-11-25)49-31-16-9-15-30(23-31)43-37(47)33(22-27-14-8-17-32(39)34(27)40)44-36(46)26-12-6-3-7-13-26/h2-23,35H,1H3,(H,41,45)(H,42,48)(H,43,47)(H,44,46)/b33-22+. The summed E-state index contributed by atoms with van der Waals surface area (Å²) in [7, 11) is 0. The second-order valence-corrected chi connectivity index (χ2v) is 12.6. The monoisotopic (exact) mass is 708 g/mol. The maximum atomic E-state index is 13.7. The van der Waals surface area contributed by atoms with Crippen LogP contribution in [-0.2, 0) is 14.4 Å². The Balaban J connectivity index is 1.37. The molecular weight excluding hydrogens is 679 g/mol. The van der Waals surface area contributed by atoms with Crippen LogP contribution in [0.15, 0.2) is 138 Å². The van der Waals surface area contributed by atoms with Gasteiger partial charge in [0.1, 0.15) is 10.9 Å². The molecule has 0 aliphatic carbocycles. The molecule has 5 aromatic rings. The first kappa shape index (κ1) is 35.0. The molecule has 11 heteroatoms. The number of carbonyl (C=O) groups excluding carboxylic acids is 4. The predicted octanol–water partition coefficient (Wildman–Crippen LogP) is 8.83. The van der Waals surface area contributed by atoms with Gasteiger partial charge in [-0.3, -0.25) is 19.2 Å². The SMILES string of the molecule is CC(=O)Nc1ccc(NC(=O)C(Sc2cccc(NC(=O)/C(=C\c3cccc(Cl)c3Cl)NC(=O)c3ccccc3)c2)c2ccccc2)cc1. The number of nitrogens with one attached hydrogen (secondary N) is 4. The van der Waals surface area contributed by atoms with E-state index in [9.17, 15) is 19.2 Å². The highest BCUT2D eigenvalue weighted by Gasteiger charge is 2.23. The summed E-state index contributed by atoms with van der Waals surface area (Å²) in [5.41, 5.74) is 3.16. The lowest BCUT2D eigenvalue weighted by Crippen LogP contribution is -2.30. The van der Waals surface area contributed by atoms with E-state index >= 15 is 0 Å². The van der Waals surface area contributed by atoms with Gasteiger partial charge >= 0.3 is 0 Å². The Hall–Kier alpha value is -5.35. The average Bonchev–Trinajstić information content (AvgIpc) is 3.10. The number of carbonyl (C=O) groups is 4. The van der Waals surface area contributed by atoms with Gasteiger partial charge < -0.3 is 21.3 Å². The van der Waals surface area contributed by atoms with E-state index in [2.05, 4.69) is 21.3 Å². The molecule has 0 aliphatic rings. The van der Waals surface area contributed by atoms with Crippen molar-refractivity contribution >= 4 is 81.7 Å². The summed E-state index contributed by atoms with van der Waals surface area (Å²) < 4.78 is 0. The van der Waals surface area contributed by atoms with E-state index in [1.54, 1.807) is 91.0 Å². The maximum absolute atomic E-state index is 13.7. The number of amides is 4. The van der Waals surface area contributed by atoms with Crippen LogP contribution in [0.5, 0.6) is 0 Å². The van der Waals surface area contributed by atoms with Gasteiger partial charge in [0.05, 0.1) is 10.0 Å². The van der Waals surface area contributed by atoms with Crippen LogP contribution in [0.3, 0.4) is 0 Å². The van der Waals surface area contributed by atoms with Gasteiger partial charge in [0.15, 0.2) is 0 Å². The third-order valence-corrected chi connectivity index (χ3v) is 9.05. The van der Waals surface area contributed by atoms with Crippen LogP contribution in [0.1, 0.15) is 33.7 Å². The molecule has 5 rings (SSSR count). The second kappa shape index (κ2) is 16.7.